The number of rotatable bonds is 3. The van der Waals surface area contributed by atoms with Crippen LogP contribution in [0.1, 0.15) is 10.6 Å². The molecule has 3 rings (SSSR count). The number of hydrogen-bond donors (Lipinski definition) is 2. The van der Waals surface area contributed by atoms with Crippen LogP contribution in [-0.2, 0) is 0 Å². The van der Waals surface area contributed by atoms with Crippen LogP contribution >= 0.6 is 11.3 Å². The van der Waals surface area contributed by atoms with Crippen molar-refractivity contribution in [3.8, 4) is 11.5 Å². The van der Waals surface area contributed by atoms with E-state index in [0.717, 1.165) is 4.70 Å². The first kappa shape index (κ1) is 14.0. The standard InChI is InChI=1S/C15H10N2O4S/c18-12-5-1-9(7-13(12)19)2-6-15-16-11-4-3-10(17(20)21)8-14(11)22-15/h1-8,18-19H/b6-2+. The van der Waals surface area contributed by atoms with E-state index in [1.165, 1.54) is 35.6 Å². The Labute approximate surface area is 128 Å². The highest BCUT2D eigenvalue weighted by Gasteiger charge is 2.09. The largest absolute Gasteiger partial charge is 0.504 e. The van der Waals surface area contributed by atoms with Gasteiger partial charge in [-0.2, -0.15) is 0 Å². The number of phenolic OH excluding ortho intramolecular Hbond substituents is 2. The fourth-order valence-corrected chi connectivity index (χ4v) is 2.83. The van der Waals surface area contributed by atoms with Gasteiger partial charge in [0.2, 0.25) is 0 Å². The highest BCUT2D eigenvalue weighted by Crippen LogP contribution is 2.28. The van der Waals surface area contributed by atoms with Crippen LogP contribution in [-0.4, -0.2) is 20.1 Å². The molecule has 2 aromatic carbocycles. The second kappa shape index (κ2) is 5.45. The first-order chi connectivity index (χ1) is 10.5. The summed E-state index contributed by atoms with van der Waals surface area (Å²) in [5, 5.41) is 30.1. The Hall–Kier alpha value is -2.93. The third-order valence-electron chi connectivity index (χ3n) is 3.02. The van der Waals surface area contributed by atoms with Crippen molar-refractivity contribution in [1.82, 2.24) is 4.98 Å². The molecule has 110 valence electrons. The molecule has 3 aromatic rings. The smallest absolute Gasteiger partial charge is 0.270 e. The van der Waals surface area contributed by atoms with Crippen LogP contribution in [0.15, 0.2) is 36.4 Å². The predicted molar refractivity (Wildman–Crippen MR) is 85.0 cm³/mol. The lowest BCUT2D eigenvalue weighted by molar-refractivity contribution is -0.384. The summed E-state index contributed by atoms with van der Waals surface area (Å²) in [7, 11) is 0. The van der Waals surface area contributed by atoms with Gasteiger partial charge in [-0.05, 0) is 29.8 Å². The normalized spacial score (nSPS) is 11.3. The Bertz CT molecular complexity index is 902. The molecule has 0 saturated carbocycles. The molecule has 0 saturated heterocycles. The van der Waals surface area contributed by atoms with E-state index >= 15 is 0 Å². The van der Waals surface area contributed by atoms with Crippen molar-refractivity contribution >= 4 is 39.4 Å². The quantitative estimate of drug-likeness (QED) is 0.435. The summed E-state index contributed by atoms with van der Waals surface area (Å²) in [5.74, 6) is -0.369. The van der Waals surface area contributed by atoms with Crippen molar-refractivity contribution in [2.75, 3.05) is 0 Å². The molecule has 1 heterocycles. The van der Waals surface area contributed by atoms with Crippen LogP contribution in [0.4, 0.5) is 5.69 Å². The fraction of sp³-hybridized carbons (Fsp3) is 0. The zero-order valence-corrected chi connectivity index (χ0v) is 11.9. The summed E-state index contributed by atoms with van der Waals surface area (Å²) in [6.07, 6.45) is 3.49. The number of non-ortho nitro benzene ring substituents is 1. The number of nitro benzene ring substituents is 1. The number of fused-ring (bicyclic) bond motifs is 1. The first-order valence-electron chi connectivity index (χ1n) is 6.28. The van der Waals surface area contributed by atoms with Crippen molar-refractivity contribution in [2.45, 2.75) is 0 Å². The average molecular weight is 314 g/mol. The number of hydrogen-bond acceptors (Lipinski definition) is 6. The maximum absolute atomic E-state index is 10.8. The molecule has 6 nitrogen and oxygen atoms in total. The van der Waals surface area contributed by atoms with Gasteiger partial charge in [-0.15, -0.1) is 11.3 Å². The van der Waals surface area contributed by atoms with Gasteiger partial charge in [-0.1, -0.05) is 12.1 Å². The second-order valence-electron chi connectivity index (χ2n) is 4.54. The molecule has 22 heavy (non-hydrogen) atoms. The lowest BCUT2D eigenvalue weighted by Crippen LogP contribution is -1.85. The molecule has 0 spiro atoms. The Kier molecular flexibility index (Phi) is 3.48. The average Bonchev–Trinajstić information content (AvgIpc) is 2.90. The minimum Gasteiger partial charge on any atom is -0.504 e. The van der Waals surface area contributed by atoms with Gasteiger partial charge in [-0.3, -0.25) is 10.1 Å². The van der Waals surface area contributed by atoms with Gasteiger partial charge in [0.25, 0.3) is 5.69 Å². The number of thiazole rings is 1. The van der Waals surface area contributed by atoms with Crippen molar-refractivity contribution < 1.29 is 15.1 Å². The van der Waals surface area contributed by atoms with E-state index < -0.39 is 4.92 Å². The van der Waals surface area contributed by atoms with Gasteiger partial charge < -0.3 is 10.2 Å². The molecule has 0 aliphatic carbocycles. The monoisotopic (exact) mass is 314 g/mol. The van der Waals surface area contributed by atoms with Crippen molar-refractivity contribution in [2.24, 2.45) is 0 Å². The maximum Gasteiger partial charge on any atom is 0.270 e. The van der Waals surface area contributed by atoms with Crippen molar-refractivity contribution in [3.05, 3.63) is 57.1 Å². The van der Waals surface area contributed by atoms with Crippen LogP contribution in [0.2, 0.25) is 0 Å². The molecule has 0 aliphatic rings. The molecular weight excluding hydrogens is 304 g/mol. The Balaban J connectivity index is 1.91. The molecule has 0 fully saturated rings. The second-order valence-corrected chi connectivity index (χ2v) is 5.60. The first-order valence-corrected chi connectivity index (χ1v) is 7.09. The minimum absolute atomic E-state index is 0.0372. The maximum atomic E-state index is 10.8. The van der Waals surface area contributed by atoms with E-state index in [1.54, 1.807) is 24.3 Å². The van der Waals surface area contributed by atoms with Crippen molar-refractivity contribution in [3.63, 3.8) is 0 Å². The molecule has 7 heteroatoms. The third-order valence-corrected chi connectivity index (χ3v) is 4.00. The molecule has 0 radical (unpaired) electrons. The summed E-state index contributed by atoms with van der Waals surface area (Å²) in [5.41, 5.74) is 1.44. The summed E-state index contributed by atoms with van der Waals surface area (Å²) >= 11 is 1.34. The van der Waals surface area contributed by atoms with E-state index in [4.69, 9.17) is 0 Å². The van der Waals surface area contributed by atoms with Gasteiger partial charge in [-0.25, -0.2) is 4.98 Å². The molecule has 0 atom stereocenters. The highest BCUT2D eigenvalue weighted by atomic mass is 32.1. The molecule has 0 aliphatic heterocycles. The Morgan fingerprint density at radius 1 is 1.09 bits per heavy atom. The number of nitrogens with zero attached hydrogens (tertiary/aromatic N) is 2. The molecule has 0 bridgehead atoms. The van der Waals surface area contributed by atoms with Crippen LogP contribution < -0.4 is 0 Å². The number of benzene rings is 2. The van der Waals surface area contributed by atoms with E-state index in [9.17, 15) is 20.3 Å². The summed E-state index contributed by atoms with van der Waals surface area (Å²) in [4.78, 5) is 14.7. The molecule has 1 aromatic heterocycles. The number of aromatic hydroxyl groups is 2. The Morgan fingerprint density at radius 3 is 2.64 bits per heavy atom. The fourth-order valence-electron chi connectivity index (χ4n) is 1.93. The predicted octanol–water partition coefficient (Wildman–Crippen LogP) is 3.79. The molecule has 0 unspecified atom stereocenters. The Morgan fingerprint density at radius 2 is 1.91 bits per heavy atom. The number of phenols is 2. The van der Waals surface area contributed by atoms with Crippen molar-refractivity contribution in [1.29, 1.82) is 0 Å². The summed E-state index contributed by atoms with van der Waals surface area (Å²) in [6.45, 7) is 0. The number of aromatic nitrogens is 1. The van der Waals surface area contributed by atoms with Gasteiger partial charge in [0.1, 0.15) is 5.01 Å². The molecule has 0 amide bonds. The van der Waals surface area contributed by atoms with Crippen LogP contribution in [0.3, 0.4) is 0 Å². The van der Waals surface area contributed by atoms with Gasteiger partial charge in [0, 0.05) is 12.1 Å². The third kappa shape index (κ3) is 2.75. The minimum atomic E-state index is -0.437. The van der Waals surface area contributed by atoms with E-state index in [2.05, 4.69) is 4.98 Å². The van der Waals surface area contributed by atoms with Gasteiger partial charge in [0.15, 0.2) is 11.5 Å². The van der Waals surface area contributed by atoms with E-state index in [1.807, 2.05) is 0 Å². The zero-order valence-electron chi connectivity index (χ0n) is 11.1. The van der Waals surface area contributed by atoms with Gasteiger partial charge in [0.05, 0.1) is 15.1 Å². The topological polar surface area (TPSA) is 96.5 Å². The van der Waals surface area contributed by atoms with Crippen LogP contribution in [0.25, 0.3) is 22.4 Å². The highest BCUT2D eigenvalue weighted by molar-refractivity contribution is 7.19. The molecule has 2 N–H and O–H groups in total. The zero-order chi connectivity index (χ0) is 15.7. The summed E-state index contributed by atoms with van der Waals surface area (Å²) in [6, 6.07) is 9.03. The van der Waals surface area contributed by atoms with Crippen LogP contribution in [0.5, 0.6) is 11.5 Å². The van der Waals surface area contributed by atoms with Gasteiger partial charge >= 0.3 is 0 Å². The summed E-state index contributed by atoms with van der Waals surface area (Å²) < 4.78 is 0.738. The molecular formula is C15H10N2O4S. The van der Waals surface area contributed by atoms with E-state index in [-0.39, 0.29) is 17.2 Å². The lowest BCUT2D eigenvalue weighted by atomic mass is 10.2. The van der Waals surface area contributed by atoms with E-state index in [0.29, 0.717) is 16.1 Å². The van der Waals surface area contributed by atoms with Crippen LogP contribution in [0, 0.1) is 10.1 Å². The SMILES string of the molecule is O=[N+]([O-])c1ccc2nc(/C=C/c3ccc(O)c(O)c3)sc2c1. The lowest BCUT2D eigenvalue weighted by Gasteiger charge is -1.97. The number of nitro groups is 1.